The van der Waals surface area contributed by atoms with Gasteiger partial charge in [-0.15, -0.1) is 0 Å². The van der Waals surface area contributed by atoms with Gasteiger partial charge in [0.25, 0.3) is 0 Å². The number of allylic oxidation sites excluding steroid dienone is 1. The molecular weight excluding hydrogens is 366 g/mol. The minimum atomic E-state index is 0. The Labute approximate surface area is 183 Å². The predicted molar refractivity (Wildman–Crippen MR) is 121 cm³/mol. The second kappa shape index (κ2) is 21.4. The Morgan fingerprint density at radius 2 is 1.04 bits per heavy atom. The van der Waals surface area contributed by atoms with Crippen LogP contribution in [0, 0.1) is 0 Å². The lowest BCUT2D eigenvalue weighted by Gasteiger charge is -2.21. The minimum absolute atomic E-state index is 0. The molecule has 0 fully saturated rings. The molecule has 0 N–H and O–H groups in total. The number of nitrogens with zero attached hydrogens (tertiary/aromatic N) is 1. The minimum Gasteiger partial charge on any atom is -1.00 e. The van der Waals surface area contributed by atoms with E-state index < -0.39 is 0 Å². The van der Waals surface area contributed by atoms with Crippen molar-refractivity contribution < 1.29 is 21.7 Å². The molecule has 0 saturated heterocycles. The second-order valence-corrected chi connectivity index (χ2v) is 8.81. The highest BCUT2D eigenvalue weighted by atomic mass is 35.5. The fourth-order valence-electron chi connectivity index (χ4n) is 3.52. The van der Waals surface area contributed by atoms with Crippen LogP contribution in [0.3, 0.4) is 0 Å². The van der Waals surface area contributed by atoms with Crippen molar-refractivity contribution in [3.05, 3.63) is 12.3 Å². The zero-order valence-electron chi connectivity index (χ0n) is 19.6. The van der Waals surface area contributed by atoms with Crippen LogP contribution in [0.1, 0.15) is 129 Å². The van der Waals surface area contributed by atoms with Gasteiger partial charge >= 0.3 is 5.91 Å². The molecule has 0 heterocycles. The van der Waals surface area contributed by atoms with E-state index in [4.69, 9.17) is 0 Å². The van der Waals surface area contributed by atoms with Crippen LogP contribution >= 0.6 is 0 Å². The highest BCUT2D eigenvalue weighted by molar-refractivity contribution is 5.69. The van der Waals surface area contributed by atoms with Gasteiger partial charge in [0.05, 0.1) is 26.7 Å². The fourth-order valence-corrected chi connectivity index (χ4v) is 3.52. The molecule has 0 aliphatic carbocycles. The first-order valence-corrected chi connectivity index (χ1v) is 12.1. The van der Waals surface area contributed by atoms with E-state index in [1.165, 1.54) is 89.9 Å². The van der Waals surface area contributed by atoms with Gasteiger partial charge in [0, 0.05) is 0 Å². The number of carbonyl (C=O) groups is 1. The summed E-state index contributed by atoms with van der Waals surface area (Å²) in [6.45, 7) is 4.45. The molecule has 0 atom stereocenters. The van der Waals surface area contributed by atoms with Crippen molar-refractivity contribution in [2.75, 3.05) is 14.1 Å². The molecule has 0 spiro atoms. The third-order valence-electron chi connectivity index (χ3n) is 5.57. The smallest absolute Gasteiger partial charge is 0.317 e. The zero-order chi connectivity index (χ0) is 20.2. The number of rotatable bonds is 19. The lowest BCUT2D eigenvalue weighted by atomic mass is 10.0. The van der Waals surface area contributed by atoms with Crippen molar-refractivity contribution >= 4 is 5.91 Å². The third kappa shape index (κ3) is 19.0. The van der Waals surface area contributed by atoms with Crippen LogP contribution < -0.4 is 12.4 Å². The van der Waals surface area contributed by atoms with E-state index in [-0.39, 0.29) is 12.4 Å². The van der Waals surface area contributed by atoms with Gasteiger partial charge in [-0.1, -0.05) is 110 Å². The van der Waals surface area contributed by atoms with E-state index in [0.717, 1.165) is 25.7 Å². The van der Waals surface area contributed by atoms with Crippen LogP contribution in [-0.2, 0) is 4.79 Å². The Hall–Kier alpha value is -0.340. The zero-order valence-corrected chi connectivity index (χ0v) is 20.4. The molecule has 0 saturated carbocycles. The van der Waals surface area contributed by atoms with Crippen LogP contribution in [-0.4, -0.2) is 24.5 Å². The van der Waals surface area contributed by atoms with Crippen molar-refractivity contribution in [1.29, 1.82) is 0 Å². The Morgan fingerprint density at radius 1 is 0.643 bits per heavy atom. The monoisotopic (exact) mass is 415 g/mol. The Balaban J connectivity index is 0. The van der Waals surface area contributed by atoms with Crippen molar-refractivity contribution in [2.45, 2.75) is 129 Å². The number of halogens is 1. The summed E-state index contributed by atoms with van der Waals surface area (Å²) < 4.78 is 0.401. The van der Waals surface area contributed by atoms with Gasteiger partial charge in [-0.05, 0) is 18.9 Å². The van der Waals surface area contributed by atoms with Crippen molar-refractivity contribution in [1.82, 2.24) is 0 Å². The average Bonchev–Trinajstić information content (AvgIpc) is 2.64. The quantitative estimate of drug-likeness (QED) is 0.210. The summed E-state index contributed by atoms with van der Waals surface area (Å²) in [5, 5.41) is 0. The maximum atomic E-state index is 12.3. The summed E-state index contributed by atoms with van der Waals surface area (Å²) in [5.41, 5.74) is 0. The van der Waals surface area contributed by atoms with E-state index in [2.05, 4.69) is 26.1 Å². The van der Waals surface area contributed by atoms with Crippen molar-refractivity contribution in [3.63, 3.8) is 0 Å². The van der Waals surface area contributed by atoms with Gasteiger partial charge in [-0.2, -0.15) is 0 Å². The molecule has 0 aromatic heterocycles. The molecule has 1 amide bonds. The molecule has 3 heteroatoms. The molecule has 28 heavy (non-hydrogen) atoms. The predicted octanol–water partition coefficient (Wildman–Crippen LogP) is 5.17. The molecule has 0 radical (unpaired) electrons. The lowest BCUT2D eigenvalue weighted by molar-refractivity contribution is -0.759. The molecule has 168 valence electrons. The van der Waals surface area contributed by atoms with E-state index in [1.807, 2.05) is 14.1 Å². The number of quaternary nitrogens is 1. The van der Waals surface area contributed by atoms with Gasteiger partial charge in [-0.25, -0.2) is 9.28 Å². The normalized spacial score (nSPS) is 11.7. The Kier molecular flexibility index (Phi) is 22.8. The van der Waals surface area contributed by atoms with Crippen molar-refractivity contribution in [3.8, 4) is 0 Å². The molecule has 0 aliphatic rings. The van der Waals surface area contributed by atoms with E-state index >= 15 is 0 Å². The van der Waals surface area contributed by atoms with E-state index in [1.54, 1.807) is 0 Å². The lowest BCUT2D eigenvalue weighted by Crippen LogP contribution is -3.00. The standard InChI is InChI=1S/C25H50NO.ClH/c1-5-7-9-10-11-12-13-14-15-16-17-18-19-20-21-23-25(27)26(3,4)24-22-8-6-2;/h22,24H,5-21,23H2,1-4H3;1H/q+1;/p-1. The highest BCUT2D eigenvalue weighted by Crippen LogP contribution is 2.14. The highest BCUT2D eigenvalue weighted by Gasteiger charge is 2.22. The van der Waals surface area contributed by atoms with Crippen molar-refractivity contribution in [2.24, 2.45) is 0 Å². The maximum Gasteiger partial charge on any atom is 0.317 e. The number of hydrogen-bond donors (Lipinski definition) is 0. The fraction of sp³-hybridized carbons (Fsp3) is 0.880. The van der Waals surface area contributed by atoms with Gasteiger partial charge < -0.3 is 12.4 Å². The maximum absolute atomic E-state index is 12.3. The van der Waals surface area contributed by atoms with E-state index in [0.29, 0.717) is 10.4 Å². The molecule has 0 unspecified atom stereocenters. The van der Waals surface area contributed by atoms with Crippen LogP contribution in [0.2, 0.25) is 0 Å². The first kappa shape index (κ1) is 29.9. The Bertz CT molecular complexity index is 366. The summed E-state index contributed by atoms with van der Waals surface area (Å²) >= 11 is 0. The molecule has 2 nitrogen and oxygen atoms in total. The third-order valence-corrected chi connectivity index (χ3v) is 5.57. The van der Waals surface area contributed by atoms with Crippen LogP contribution in [0.4, 0.5) is 0 Å². The number of amides is 1. The van der Waals surface area contributed by atoms with Crippen LogP contribution in [0.5, 0.6) is 0 Å². The number of unbranched alkanes of at least 4 members (excludes halogenated alkanes) is 15. The van der Waals surface area contributed by atoms with Crippen LogP contribution in [0.15, 0.2) is 12.3 Å². The molecular formula is C25H50ClNO. The summed E-state index contributed by atoms with van der Waals surface area (Å²) in [6, 6.07) is 0. The first-order chi connectivity index (χ1) is 13.0. The SMILES string of the molecule is CCCC=C[N+](C)(C)C(=O)CCCCCCCCCCCCCCCCC.[Cl-]. The molecule has 0 aromatic carbocycles. The van der Waals surface area contributed by atoms with Gasteiger partial charge in [0.2, 0.25) is 0 Å². The largest absolute Gasteiger partial charge is 1.00 e. The second-order valence-electron chi connectivity index (χ2n) is 8.81. The summed E-state index contributed by atoms with van der Waals surface area (Å²) in [4.78, 5) is 12.3. The molecule has 0 bridgehead atoms. The first-order valence-electron chi connectivity index (χ1n) is 12.1. The topological polar surface area (TPSA) is 17.1 Å². The Morgan fingerprint density at radius 3 is 1.43 bits per heavy atom. The molecule has 0 rings (SSSR count). The summed E-state index contributed by atoms with van der Waals surface area (Å²) in [6.07, 6.45) is 27.7. The van der Waals surface area contributed by atoms with Gasteiger partial charge in [-0.3, -0.25) is 0 Å². The van der Waals surface area contributed by atoms with Gasteiger partial charge in [0.15, 0.2) is 0 Å². The van der Waals surface area contributed by atoms with E-state index in [9.17, 15) is 4.79 Å². The summed E-state index contributed by atoms with van der Waals surface area (Å²) in [7, 11) is 4.00. The van der Waals surface area contributed by atoms with Gasteiger partial charge in [0.1, 0.15) is 0 Å². The average molecular weight is 416 g/mol. The number of hydrogen-bond acceptors (Lipinski definition) is 1. The summed E-state index contributed by atoms with van der Waals surface area (Å²) in [5.74, 6) is 0.344. The van der Waals surface area contributed by atoms with Crippen LogP contribution in [0.25, 0.3) is 0 Å². The molecule has 0 aliphatic heterocycles. The molecule has 0 aromatic rings. The number of carbonyl (C=O) groups excluding carboxylic acids is 1.